The van der Waals surface area contributed by atoms with E-state index in [1.807, 2.05) is 39.5 Å². The molecule has 0 spiro atoms. The van der Waals surface area contributed by atoms with Crippen LogP contribution in [0.5, 0.6) is 0 Å². The third-order valence-electron chi connectivity index (χ3n) is 3.79. The van der Waals surface area contributed by atoms with Gasteiger partial charge in [-0.2, -0.15) is 0 Å². The monoisotopic (exact) mass is 270 g/mol. The molecule has 1 unspecified atom stereocenters. The van der Waals surface area contributed by atoms with Crippen molar-refractivity contribution in [2.45, 2.75) is 46.6 Å². The number of carboxylic acid groups (broad SMARTS) is 1. The second-order valence-corrected chi connectivity index (χ2v) is 6.87. The summed E-state index contributed by atoms with van der Waals surface area (Å²) in [7, 11) is 0. The van der Waals surface area contributed by atoms with Crippen LogP contribution in [-0.4, -0.2) is 47.1 Å². The number of amides is 1. The highest BCUT2D eigenvalue weighted by molar-refractivity contribution is 5.79. The number of carbonyl (C=O) groups is 2. The first-order valence-corrected chi connectivity index (χ1v) is 6.83. The summed E-state index contributed by atoms with van der Waals surface area (Å²) in [5, 5.41) is 12.3. The molecule has 1 amide bonds. The van der Waals surface area contributed by atoms with E-state index in [4.69, 9.17) is 0 Å². The zero-order valence-electron chi connectivity index (χ0n) is 12.6. The van der Waals surface area contributed by atoms with Gasteiger partial charge in [0.25, 0.3) is 0 Å². The Bertz CT molecular complexity index is 360. The molecule has 1 atom stereocenters. The Morgan fingerprint density at radius 3 is 2.32 bits per heavy atom. The molecule has 5 heteroatoms. The van der Waals surface area contributed by atoms with Gasteiger partial charge in [0.15, 0.2) is 0 Å². The van der Waals surface area contributed by atoms with E-state index < -0.39 is 11.4 Å². The lowest BCUT2D eigenvalue weighted by Gasteiger charge is -2.29. The Kier molecular flexibility index (Phi) is 4.61. The van der Waals surface area contributed by atoms with Gasteiger partial charge in [-0.3, -0.25) is 14.5 Å². The minimum atomic E-state index is -0.749. The Morgan fingerprint density at radius 1 is 1.37 bits per heavy atom. The molecule has 0 aromatic heterocycles. The Labute approximate surface area is 115 Å². The minimum Gasteiger partial charge on any atom is -0.481 e. The maximum Gasteiger partial charge on any atom is 0.311 e. The van der Waals surface area contributed by atoms with Crippen molar-refractivity contribution in [1.82, 2.24) is 10.2 Å². The number of carboxylic acids is 1. The molecular formula is C14H26N2O3. The summed E-state index contributed by atoms with van der Waals surface area (Å²) in [4.78, 5) is 25.3. The molecule has 1 rings (SSSR count). The standard InChI is InChI=1S/C14H26N2O3/c1-10(2)14(12(18)19)6-7-16(9-14)8-11(17)15-13(3,4)5/h10H,6-9H2,1-5H3,(H,15,17)(H,18,19). The maximum atomic E-state index is 11.9. The smallest absolute Gasteiger partial charge is 0.311 e. The molecule has 0 aromatic rings. The zero-order valence-corrected chi connectivity index (χ0v) is 12.6. The van der Waals surface area contributed by atoms with Crippen molar-refractivity contribution >= 4 is 11.9 Å². The summed E-state index contributed by atoms with van der Waals surface area (Å²) >= 11 is 0. The molecule has 1 saturated heterocycles. The number of nitrogens with zero attached hydrogens (tertiary/aromatic N) is 1. The Balaban J connectivity index is 2.61. The maximum absolute atomic E-state index is 11.9. The molecule has 0 radical (unpaired) electrons. The molecule has 0 aromatic carbocycles. The number of hydrogen-bond acceptors (Lipinski definition) is 3. The van der Waals surface area contributed by atoms with Crippen molar-refractivity contribution < 1.29 is 14.7 Å². The molecule has 1 aliphatic rings. The van der Waals surface area contributed by atoms with Gasteiger partial charge in [-0.15, -0.1) is 0 Å². The van der Waals surface area contributed by atoms with E-state index in [0.717, 1.165) is 0 Å². The predicted octanol–water partition coefficient (Wildman–Crippen LogP) is 1.33. The highest BCUT2D eigenvalue weighted by atomic mass is 16.4. The first-order chi connectivity index (χ1) is 8.57. The number of aliphatic carboxylic acids is 1. The predicted molar refractivity (Wildman–Crippen MR) is 73.9 cm³/mol. The fourth-order valence-corrected chi connectivity index (χ4v) is 2.60. The van der Waals surface area contributed by atoms with Gasteiger partial charge in [-0.05, 0) is 39.7 Å². The molecule has 19 heavy (non-hydrogen) atoms. The summed E-state index contributed by atoms with van der Waals surface area (Å²) < 4.78 is 0. The van der Waals surface area contributed by atoms with E-state index in [0.29, 0.717) is 19.5 Å². The molecular weight excluding hydrogens is 244 g/mol. The summed E-state index contributed by atoms with van der Waals surface area (Å²) in [6.07, 6.45) is 0.614. The third-order valence-corrected chi connectivity index (χ3v) is 3.79. The second kappa shape index (κ2) is 5.49. The van der Waals surface area contributed by atoms with Crippen LogP contribution < -0.4 is 5.32 Å². The quantitative estimate of drug-likeness (QED) is 0.808. The lowest BCUT2D eigenvalue weighted by molar-refractivity contribution is -0.151. The number of carbonyl (C=O) groups excluding carboxylic acids is 1. The van der Waals surface area contributed by atoms with Crippen molar-refractivity contribution in [1.29, 1.82) is 0 Å². The molecule has 0 aliphatic carbocycles. The van der Waals surface area contributed by atoms with Gasteiger partial charge in [0.1, 0.15) is 0 Å². The summed E-state index contributed by atoms with van der Waals surface area (Å²) in [6, 6.07) is 0. The number of hydrogen-bond donors (Lipinski definition) is 2. The summed E-state index contributed by atoms with van der Waals surface area (Å²) in [5.74, 6) is -0.723. The van der Waals surface area contributed by atoms with Crippen LogP contribution in [0.1, 0.15) is 41.0 Å². The molecule has 0 bridgehead atoms. The van der Waals surface area contributed by atoms with Crippen LogP contribution in [0.3, 0.4) is 0 Å². The average Bonchev–Trinajstić information content (AvgIpc) is 2.59. The lowest BCUT2D eigenvalue weighted by Crippen LogP contribution is -2.46. The van der Waals surface area contributed by atoms with Gasteiger partial charge in [-0.25, -0.2) is 0 Å². The van der Waals surface area contributed by atoms with Crippen LogP contribution in [0.15, 0.2) is 0 Å². The number of rotatable bonds is 4. The van der Waals surface area contributed by atoms with Crippen LogP contribution in [0.2, 0.25) is 0 Å². The van der Waals surface area contributed by atoms with Gasteiger partial charge < -0.3 is 10.4 Å². The summed E-state index contributed by atoms with van der Waals surface area (Å²) in [6.45, 7) is 11.1. The highest BCUT2D eigenvalue weighted by Crippen LogP contribution is 2.37. The topological polar surface area (TPSA) is 69.6 Å². The van der Waals surface area contributed by atoms with Crippen molar-refractivity contribution in [2.24, 2.45) is 11.3 Å². The van der Waals surface area contributed by atoms with Gasteiger partial charge >= 0.3 is 5.97 Å². The van der Waals surface area contributed by atoms with Crippen LogP contribution >= 0.6 is 0 Å². The average molecular weight is 270 g/mol. The lowest BCUT2D eigenvalue weighted by atomic mass is 9.76. The van der Waals surface area contributed by atoms with E-state index in [-0.39, 0.29) is 23.9 Å². The normalized spacial score (nSPS) is 24.7. The number of likely N-dealkylation sites (tertiary alicyclic amines) is 1. The van der Waals surface area contributed by atoms with E-state index in [1.165, 1.54) is 0 Å². The van der Waals surface area contributed by atoms with E-state index in [1.54, 1.807) is 0 Å². The van der Waals surface area contributed by atoms with Gasteiger partial charge in [0, 0.05) is 12.1 Å². The molecule has 1 aliphatic heterocycles. The third kappa shape index (κ3) is 3.93. The summed E-state index contributed by atoms with van der Waals surface area (Å²) in [5.41, 5.74) is -0.958. The molecule has 1 fully saturated rings. The van der Waals surface area contributed by atoms with Crippen LogP contribution in [-0.2, 0) is 9.59 Å². The van der Waals surface area contributed by atoms with Crippen molar-refractivity contribution in [2.75, 3.05) is 19.6 Å². The largest absolute Gasteiger partial charge is 0.481 e. The molecule has 1 heterocycles. The van der Waals surface area contributed by atoms with Crippen LogP contribution in [0, 0.1) is 11.3 Å². The minimum absolute atomic E-state index is 0.0440. The van der Waals surface area contributed by atoms with Gasteiger partial charge in [-0.1, -0.05) is 13.8 Å². The first kappa shape index (κ1) is 16.0. The van der Waals surface area contributed by atoms with Crippen molar-refractivity contribution in [3.05, 3.63) is 0 Å². The number of nitrogens with one attached hydrogen (secondary N) is 1. The zero-order chi connectivity index (χ0) is 14.8. The first-order valence-electron chi connectivity index (χ1n) is 6.83. The van der Waals surface area contributed by atoms with Crippen molar-refractivity contribution in [3.8, 4) is 0 Å². The van der Waals surface area contributed by atoms with E-state index in [2.05, 4.69) is 5.32 Å². The highest BCUT2D eigenvalue weighted by Gasteiger charge is 2.47. The molecule has 2 N–H and O–H groups in total. The molecule has 5 nitrogen and oxygen atoms in total. The fourth-order valence-electron chi connectivity index (χ4n) is 2.60. The van der Waals surface area contributed by atoms with E-state index >= 15 is 0 Å². The SMILES string of the molecule is CC(C)C1(C(=O)O)CCN(CC(=O)NC(C)(C)C)C1. The molecule has 110 valence electrons. The molecule has 0 saturated carbocycles. The second-order valence-electron chi connectivity index (χ2n) is 6.87. The van der Waals surface area contributed by atoms with E-state index in [9.17, 15) is 14.7 Å². The van der Waals surface area contributed by atoms with Crippen molar-refractivity contribution in [3.63, 3.8) is 0 Å². The van der Waals surface area contributed by atoms with Crippen LogP contribution in [0.4, 0.5) is 0 Å². The Hall–Kier alpha value is -1.10. The van der Waals surface area contributed by atoms with Gasteiger partial charge in [0.05, 0.1) is 12.0 Å². The van der Waals surface area contributed by atoms with Crippen LogP contribution in [0.25, 0.3) is 0 Å². The Morgan fingerprint density at radius 2 is 1.95 bits per heavy atom. The van der Waals surface area contributed by atoms with Gasteiger partial charge in [0.2, 0.25) is 5.91 Å². The fraction of sp³-hybridized carbons (Fsp3) is 0.857.